The molecule has 1 fully saturated rings. The summed E-state index contributed by atoms with van der Waals surface area (Å²) in [6.07, 6.45) is -4.94. The Morgan fingerprint density at radius 3 is 2.04 bits per heavy atom. The summed E-state index contributed by atoms with van der Waals surface area (Å²) < 4.78 is 10.6. The normalized spacial score (nSPS) is 26.7. The molecule has 1 aliphatic rings. The fraction of sp³-hybridized carbons (Fsp3) is 0.381. The second-order valence-electron chi connectivity index (χ2n) is 6.53. The van der Waals surface area contributed by atoms with E-state index in [0.29, 0.717) is 5.56 Å². The van der Waals surface area contributed by atoms with Crippen molar-refractivity contribution in [1.82, 2.24) is 0 Å². The van der Waals surface area contributed by atoms with Crippen LogP contribution in [0.4, 0.5) is 0 Å². The maximum atomic E-state index is 11.1. The molecule has 0 bridgehead atoms. The molecule has 0 aliphatic carbocycles. The van der Waals surface area contributed by atoms with E-state index in [-0.39, 0.29) is 12.4 Å². The van der Waals surface area contributed by atoms with Crippen molar-refractivity contribution in [3.63, 3.8) is 0 Å². The summed E-state index contributed by atoms with van der Waals surface area (Å²) in [7, 11) is 0. The van der Waals surface area contributed by atoms with Crippen LogP contribution < -0.4 is 4.74 Å². The summed E-state index contributed by atoms with van der Waals surface area (Å²) in [5.41, 5.74) is 0.695. The number of aliphatic hydroxyl groups is 4. The van der Waals surface area contributed by atoms with Crippen LogP contribution in [0.1, 0.15) is 24.2 Å². The molecule has 1 saturated heterocycles. The van der Waals surface area contributed by atoms with Crippen LogP contribution in [-0.2, 0) is 4.74 Å². The Labute approximate surface area is 163 Å². The van der Waals surface area contributed by atoms with Gasteiger partial charge in [-0.3, -0.25) is 4.79 Å². The highest BCUT2D eigenvalue weighted by atomic mass is 16.5. The van der Waals surface area contributed by atoms with E-state index in [2.05, 4.69) is 0 Å². The molecule has 5 atom stereocenters. The minimum Gasteiger partial charge on any atom is -0.457 e. The zero-order valence-electron chi connectivity index (χ0n) is 15.8. The molecule has 152 valence electrons. The molecule has 2 aromatic rings. The van der Waals surface area contributed by atoms with Crippen molar-refractivity contribution in [3.8, 4) is 11.5 Å². The number of ketones is 1. The Morgan fingerprint density at radius 2 is 1.50 bits per heavy atom. The zero-order chi connectivity index (χ0) is 20.7. The Bertz CT molecular complexity index is 727. The molecule has 1 heterocycles. The van der Waals surface area contributed by atoms with Crippen molar-refractivity contribution in [3.05, 3.63) is 60.2 Å². The van der Waals surface area contributed by atoms with Gasteiger partial charge >= 0.3 is 0 Å². The van der Waals surface area contributed by atoms with Gasteiger partial charge in [0, 0.05) is 5.56 Å². The van der Waals surface area contributed by atoms with Gasteiger partial charge in [0.2, 0.25) is 0 Å². The Balaban J connectivity index is 0.000000209. The highest BCUT2D eigenvalue weighted by Gasteiger charge is 2.41. The van der Waals surface area contributed by atoms with Crippen LogP contribution in [0.3, 0.4) is 0 Å². The smallest absolute Gasteiger partial charge is 0.159 e. The van der Waals surface area contributed by atoms with Crippen molar-refractivity contribution in [2.24, 2.45) is 0 Å². The van der Waals surface area contributed by atoms with Crippen LogP contribution in [0.25, 0.3) is 0 Å². The zero-order valence-corrected chi connectivity index (χ0v) is 15.8. The summed E-state index contributed by atoms with van der Waals surface area (Å²) in [6, 6.07) is 16.7. The lowest BCUT2D eigenvalue weighted by atomic mass is 9.96. The van der Waals surface area contributed by atoms with Crippen molar-refractivity contribution in [1.29, 1.82) is 0 Å². The number of carbonyl (C=O) groups excluding carboxylic acids is 1. The number of hydrogen-bond acceptors (Lipinski definition) is 7. The second-order valence-corrected chi connectivity index (χ2v) is 6.53. The topological polar surface area (TPSA) is 116 Å². The Hall–Kier alpha value is -2.29. The lowest BCUT2D eigenvalue weighted by molar-refractivity contribution is -0.224. The molecule has 3 unspecified atom stereocenters. The molecular weight excluding hydrogens is 364 g/mol. The van der Waals surface area contributed by atoms with Gasteiger partial charge in [0.1, 0.15) is 35.9 Å². The first kappa shape index (κ1) is 22.0. The van der Waals surface area contributed by atoms with E-state index in [1.54, 1.807) is 38.1 Å². The highest BCUT2D eigenvalue weighted by Crippen LogP contribution is 2.21. The third-order valence-electron chi connectivity index (χ3n) is 4.37. The van der Waals surface area contributed by atoms with Crippen LogP contribution in [0.15, 0.2) is 54.6 Å². The van der Waals surface area contributed by atoms with E-state index in [9.17, 15) is 20.1 Å². The van der Waals surface area contributed by atoms with Crippen molar-refractivity contribution < 1.29 is 34.7 Å². The third kappa shape index (κ3) is 5.85. The lowest BCUT2D eigenvalue weighted by Gasteiger charge is -2.38. The summed E-state index contributed by atoms with van der Waals surface area (Å²) in [5, 5.41) is 36.4. The molecule has 7 nitrogen and oxygen atoms in total. The summed E-state index contributed by atoms with van der Waals surface area (Å²) >= 11 is 0. The molecule has 0 spiro atoms. The fourth-order valence-electron chi connectivity index (χ4n) is 2.67. The standard InChI is InChI=1S/C14H12O2.C7H14O5/c1-11(15)12-7-9-14(10-8-12)16-13-5-3-2-4-6-13;1-3-5(9)7(11)6(10)4(2-8)12-3/h2-10H,1H3;3-11H,2H2,1H3/t;3-,4?,5?,6-,7?/m.1/s1. The minimum atomic E-state index is -1.24. The molecule has 28 heavy (non-hydrogen) atoms. The van der Waals surface area contributed by atoms with Gasteiger partial charge < -0.3 is 29.9 Å². The maximum Gasteiger partial charge on any atom is 0.159 e. The van der Waals surface area contributed by atoms with Crippen LogP contribution in [0.5, 0.6) is 11.5 Å². The van der Waals surface area contributed by atoms with Gasteiger partial charge in [-0.25, -0.2) is 0 Å². The SMILES string of the molecule is CC(=O)c1ccc(Oc2ccccc2)cc1.C[C@H]1OC(CO)[C@@H](O)C(O)C1O. The number of Topliss-reactive ketones (excluding diaryl/α,β-unsaturated/α-hetero) is 1. The number of carbonyl (C=O) groups is 1. The van der Waals surface area contributed by atoms with Crippen molar-refractivity contribution >= 4 is 5.78 Å². The number of hydrogen-bond donors (Lipinski definition) is 4. The maximum absolute atomic E-state index is 11.1. The van der Waals surface area contributed by atoms with Crippen LogP contribution in [0, 0.1) is 0 Å². The average molecular weight is 390 g/mol. The number of benzene rings is 2. The quantitative estimate of drug-likeness (QED) is 0.585. The van der Waals surface area contributed by atoms with Gasteiger partial charge in [-0.1, -0.05) is 18.2 Å². The summed E-state index contributed by atoms with van der Waals surface area (Å²) in [5.74, 6) is 1.58. The lowest BCUT2D eigenvalue weighted by Crippen LogP contribution is -2.57. The molecule has 0 amide bonds. The first-order valence-corrected chi connectivity index (χ1v) is 8.98. The molecule has 0 aromatic heterocycles. The van der Waals surface area contributed by atoms with Gasteiger partial charge in [0.15, 0.2) is 5.78 Å². The number of ether oxygens (including phenoxy) is 2. The van der Waals surface area contributed by atoms with Gasteiger partial charge in [0.25, 0.3) is 0 Å². The van der Waals surface area contributed by atoms with Crippen LogP contribution >= 0.6 is 0 Å². The van der Waals surface area contributed by atoms with Crippen LogP contribution in [-0.4, -0.2) is 63.3 Å². The van der Waals surface area contributed by atoms with E-state index in [1.165, 1.54) is 0 Å². The first-order chi connectivity index (χ1) is 13.3. The average Bonchev–Trinajstić information content (AvgIpc) is 2.71. The third-order valence-corrected chi connectivity index (χ3v) is 4.37. The minimum absolute atomic E-state index is 0.0614. The molecule has 0 radical (unpaired) electrons. The first-order valence-electron chi connectivity index (χ1n) is 8.98. The largest absolute Gasteiger partial charge is 0.457 e. The number of aliphatic hydroxyl groups excluding tert-OH is 4. The predicted molar refractivity (Wildman–Crippen MR) is 102 cm³/mol. The molecule has 3 rings (SSSR count). The van der Waals surface area contributed by atoms with E-state index in [4.69, 9.17) is 14.6 Å². The highest BCUT2D eigenvalue weighted by molar-refractivity contribution is 5.94. The second kappa shape index (κ2) is 10.3. The number of para-hydroxylation sites is 1. The summed E-state index contributed by atoms with van der Waals surface area (Å²) in [6.45, 7) is 2.75. The fourth-order valence-corrected chi connectivity index (χ4v) is 2.67. The Kier molecular flexibility index (Phi) is 8.10. The van der Waals surface area contributed by atoms with Gasteiger partial charge in [0.05, 0.1) is 12.7 Å². The van der Waals surface area contributed by atoms with Gasteiger partial charge in [-0.2, -0.15) is 0 Å². The van der Waals surface area contributed by atoms with E-state index < -0.39 is 30.5 Å². The molecule has 0 saturated carbocycles. The molecule has 4 N–H and O–H groups in total. The molecular formula is C21H26O7. The van der Waals surface area contributed by atoms with E-state index in [1.807, 2.05) is 30.3 Å². The van der Waals surface area contributed by atoms with Crippen LogP contribution in [0.2, 0.25) is 0 Å². The van der Waals surface area contributed by atoms with Gasteiger partial charge in [-0.15, -0.1) is 0 Å². The molecule has 1 aliphatic heterocycles. The van der Waals surface area contributed by atoms with Crippen molar-refractivity contribution in [2.75, 3.05) is 6.61 Å². The number of rotatable bonds is 4. The van der Waals surface area contributed by atoms with Crippen molar-refractivity contribution in [2.45, 2.75) is 44.4 Å². The Morgan fingerprint density at radius 1 is 0.929 bits per heavy atom. The monoisotopic (exact) mass is 390 g/mol. The predicted octanol–water partition coefficient (Wildman–Crippen LogP) is 1.53. The van der Waals surface area contributed by atoms with E-state index in [0.717, 1.165) is 11.5 Å². The van der Waals surface area contributed by atoms with Gasteiger partial charge in [-0.05, 0) is 50.2 Å². The molecule has 7 heteroatoms. The molecule has 2 aromatic carbocycles. The van der Waals surface area contributed by atoms with E-state index >= 15 is 0 Å². The summed E-state index contributed by atoms with van der Waals surface area (Å²) in [4.78, 5) is 11.1.